The van der Waals surface area contributed by atoms with Gasteiger partial charge in [0.15, 0.2) is 11.5 Å². The summed E-state index contributed by atoms with van der Waals surface area (Å²) in [5.41, 5.74) is 5.64. The fourth-order valence-electron chi connectivity index (χ4n) is 2.36. The van der Waals surface area contributed by atoms with Crippen molar-refractivity contribution >= 4 is 52.8 Å². The predicted octanol–water partition coefficient (Wildman–Crippen LogP) is 4.73. The van der Waals surface area contributed by atoms with Crippen LogP contribution in [0.5, 0.6) is 11.5 Å². The molecule has 0 atom stereocenters. The van der Waals surface area contributed by atoms with Gasteiger partial charge in [0, 0.05) is 15.6 Å². The molecule has 0 aliphatic rings. The Hall–Kier alpha value is -2.92. The molecule has 0 heterocycles. The van der Waals surface area contributed by atoms with Crippen LogP contribution >= 0.6 is 34.8 Å². The molecule has 2 aromatic rings. The SMILES string of the molecule is CCOc1cc(/C=C(/C#N)C(=O)NC(N)=O)cc(Cl)c1OCc1ccc(Cl)cc1Cl. The van der Waals surface area contributed by atoms with E-state index in [1.54, 1.807) is 37.3 Å². The molecule has 3 N–H and O–H groups in total. The summed E-state index contributed by atoms with van der Waals surface area (Å²) in [4.78, 5) is 22.7. The third kappa shape index (κ3) is 6.29. The van der Waals surface area contributed by atoms with Crippen molar-refractivity contribution in [2.24, 2.45) is 5.73 Å². The number of carbonyl (C=O) groups is 2. The zero-order valence-corrected chi connectivity index (χ0v) is 17.9. The van der Waals surface area contributed by atoms with Gasteiger partial charge in [0.1, 0.15) is 18.2 Å². The van der Waals surface area contributed by atoms with Crippen molar-refractivity contribution in [3.8, 4) is 17.6 Å². The van der Waals surface area contributed by atoms with Gasteiger partial charge in [-0.2, -0.15) is 5.26 Å². The van der Waals surface area contributed by atoms with Crippen molar-refractivity contribution in [1.29, 1.82) is 5.26 Å². The van der Waals surface area contributed by atoms with Gasteiger partial charge in [-0.1, -0.05) is 40.9 Å². The average Bonchev–Trinajstić information content (AvgIpc) is 2.66. The Morgan fingerprint density at radius 2 is 1.90 bits per heavy atom. The first-order valence-corrected chi connectivity index (χ1v) is 9.64. The number of imide groups is 1. The van der Waals surface area contributed by atoms with E-state index >= 15 is 0 Å². The first-order valence-electron chi connectivity index (χ1n) is 8.50. The smallest absolute Gasteiger partial charge is 0.319 e. The van der Waals surface area contributed by atoms with Crippen LogP contribution in [0.4, 0.5) is 4.79 Å². The molecule has 156 valence electrons. The molecule has 0 radical (unpaired) electrons. The maximum atomic E-state index is 11.9. The van der Waals surface area contributed by atoms with Crippen LogP contribution in [0.3, 0.4) is 0 Å². The molecule has 0 aliphatic heterocycles. The second-order valence-electron chi connectivity index (χ2n) is 5.78. The van der Waals surface area contributed by atoms with Gasteiger partial charge in [-0.05, 0) is 42.8 Å². The largest absolute Gasteiger partial charge is 0.490 e. The van der Waals surface area contributed by atoms with Crippen molar-refractivity contribution < 1.29 is 19.1 Å². The number of nitrogens with one attached hydrogen (secondary N) is 1. The number of amides is 3. The Morgan fingerprint density at radius 3 is 2.50 bits per heavy atom. The predicted molar refractivity (Wildman–Crippen MR) is 115 cm³/mol. The van der Waals surface area contributed by atoms with Crippen molar-refractivity contribution in [3.63, 3.8) is 0 Å². The van der Waals surface area contributed by atoms with Gasteiger partial charge in [0.25, 0.3) is 5.91 Å². The lowest BCUT2D eigenvalue weighted by atomic mass is 10.1. The second kappa shape index (κ2) is 10.7. The number of hydrogen-bond acceptors (Lipinski definition) is 5. The summed E-state index contributed by atoms with van der Waals surface area (Å²) in [6, 6.07) is 8.67. The van der Waals surface area contributed by atoms with Crippen LogP contribution in [0, 0.1) is 11.3 Å². The average molecular weight is 469 g/mol. The van der Waals surface area contributed by atoms with Crippen LogP contribution < -0.4 is 20.5 Å². The highest BCUT2D eigenvalue weighted by atomic mass is 35.5. The highest BCUT2D eigenvalue weighted by Gasteiger charge is 2.16. The van der Waals surface area contributed by atoms with Crippen LogP contribution in [0.15, 0.2) is 35.9 Å². The number of nitriles is 1. The fraction of sp³-hybridized carbons (Fsp3) is 0.150. The van der Waals surface area contributed by atoms with E-state index in [2.05, 4.69) is 0 Å². The summed E-state index contributed by atoms with van der Waals surface area (Å²) in [5, 5.41) is 12.1. The standard InChI is InChI=1S/C20H16Cl3N3O4/c1-2-29-17-7-11(5-13(9-24)19(27)26-20(25)28)6-16(23)18(17)30-10-12-3-4-14(21)8-15(12)22/h3-8H,2,10H2,1H3,(H3,25,26,27,28)/b13-5-. The number of hydrogen-bond donors (Lipinski definition) is 2. The number of rotatable bonds is 7. The monoisotopic (exact) mass is 467 g/mol. The molecule has 7 nitrogen and oxygen atoms in total. The molecule has 0 aliphatic carbocycles. The Balaban J connectivity index is 2.35. The van der Waals surface area contributed by atoms with Crippen molar-refractivity contribution in [1.82, 2.24) is 5.32 Å². The van der Waals surface area contributed by atoms with Crippen LogP contribution in [-0.4, -0.2) is 18.5 Å². The molecule has 0 saturated heterocycles. The molecule has 0 spiro atoms. The number of nitrogens with two attached hydrogens (primary N) is 1. The zero-order valence-electron chi connectivity index (χ0n) is 15.7. The Morgan fingerprint density at radius 1 is 1.17 bits per heavy atom. The van der Waals surface area contributed by atoms with Gasteiger partial charge >= 0.3 is 6.03 Å². The van der Waals surface area contributed by atoms with Gasteiger partial charge in [-0.3, -0.25) is 10.1 Å². The molecule has 30 heavy (non-hydrogen) atoms. The summed E-state index contributed by atoms with van der Waals surface area (Å²) in [6.07, 6.45) is 1.24. The van der Waals surface area contributed by atoms with Gasteiger partial charge in [-0.15, -0.1) is 0 Å². The van der Waals surface area contributed by atoms with E-state index in [9.17, 15) is 14.9 Å². The van der Waals surface area contributed by atoms with E-state index < -0.39 is 11.9 Å². The summed E-state index contributed by atoms with van der Waals surface area (Å²) < 4.78 is 11.4. The van der Waals surface area contributed by atoms with Gasteiger partial charge < -0.3 is 15.2 Å². The third-order valence-electron chi connectivity index (χ3n) is 3.63. The zero-order chi connectivity index (χ0) is 22.3. The lowest BCUT2D eigenvalue weighted by molar-refractivity contribution is -0.115. The highest BCUT2D eigenvalue weighted by Crippen LogP contribution is 2.38. The Kier molecular flexibility index (Phi) is 8.36. The summed E-state index contributed by atoms with van der Waals surface area (Å²) in [5.74, 6) is -0.368. The molecule has 0 aromatic heterocycles. The van der Waals surface area contributed by atoms with Crippen LogP contribution in [0.2, 0.25) is 15.1 Å². The van der Waals surface area contributed by atoms with Crippen molar-refractivity contribution in [3.05, 3.63) is 62.1 Å². The van der Waals surface area contributed by atoms with E-state index in [1.165, 1.54) is 12.1 Å². The number of ether oxygens (including phenoxy) is 2. The first kappa shape index (κ1) is 23.4. The third-order valence-corrected chi connectivity index (χ3v) is 4.50. The highest BCUT2D eigenvalue weighted by molar-refractivity contribution is 6.35. The number of benzene rings is 2. The topological polar surface area (TPSA) is 114 Å². The lowest BCUT2D eigenvalue weighted by Gasteiger charge is -2.15. The summed E-state index contributed by atoms with van der Waals surface area (Å²) >= 11 is 18.4. The number of urea groups is 1. The van der Waals surface area contributed by atoms with Crippen molar-refractivity contribution in [2.75, 3.05) is 6.61 Å². The Bertz CT molecular complexity index is 1050. The number of carbonyl (C=O) groups excluding carboxylic acids is 2. The van der Waals surface area contributed by atoms with E-state index in [0.29, 0.717) is 33.5 Å². The molecular formula is C20H16Cl3N3O4. The van der Waals surface area contributed by atoms with Crippen LogP contribution in [0.1, 0.15) is 18.1 Å². The minimum atomic E-state index is -1.07. The minimum absolute atomic E-state index is 0.107. The molecular weight excluding hydrogens is 453 g/mol. The molecule has 3 amide bonds. The van der Waals surface area contributed by atoms with Crippen LogP contribution in [0.25, 0.3) is 6.08 Å². The number of nitrogens with zero attached hydrogens (tertiary/aromatic N) is 1. The summed E-state index contributed by atoms with van der Waals surface area (Å²) in [7, 11) is 0. The lowest BCUT2D eigenvalue weighted by Crippen LogP contribution is -2.35. The van der Waals surface area contributed by atoms with E-state index in [-0.39, 0.29) is 23.0 Å². The first-order chi connectivity index (χ1) is 14.2. The summed E-state index contributed by atoms with van der Waals surface area (Å²) in [6.45, 7) is 2.20. The van der Waals surface area contributed by atoms with E-state index in [1.807, 2.05) is 5.32 Å². The van der Waals surface area contributed by atoms with Gasteiger partial charge in [0.05, 0.1) is 11.6 Å². The normalized spacial score (nSPS) is 10.8. The van der Waals surface area contributed by atoms with Gasteiger partial charge in [0.2, 0.25) is 0 Å². The van der Waals surface area contributed by atoms with E-state index in [0.717, 1.165) is 0 Å². The number of halogens is 3. The molecule has 0 unspecified atom stereocenters. The number of primary amides is 1. The quantitative estimate of drug-likeness (QED) is 0.450. The van der Waals surface area contributed by atoms with Crippen LogP contribution in [-0.2, 0) is 11.4 Å². The van der Waals surface area contributed by atoms with Gasteiger partial charge in [-0.25, -0.2) is 4.79 Å². The molecule has 2 rings (SSSR count). The molecule has 10 heteroatoms. The van der Waals surface area contributed by atoms with Crippen molar-refractivity contribution in [2.45, 2.75) is 13.5 Å². The molecule has 2 aromatic carbocycles. The maximum Gasteiger partial charge on any atom is 0.319 e. The molecule has 0 bridgehead atoms. The van der Waals surface area contributed by atoms with E-state index in [4.69, 9.17) is 50.0 Å². The molecule has 0 fully saturated rings. The fourth-order valence-corrected chi connectivity index (χ4v) is 3.09. The molecule has 0 saturated carbocycles. The second-order valence-corrected chi connectivity index (χ2v) is 7.03. The minimum Gasteiger partial charge on any atom is -0.490 e. The maximum absolute atomic E-state index is 11.9. The Labute approximate surface area is 187 Å².